The lowest BCUT2D eigenvalue weighted by molar-refractivity contribution is -0.171. The number of carboxylic acids is 2. The summed E-state index contributed by atoms with van der Waals surface area (Å²) in [7, 11) is 0. The number of aliphatic carboxylic acids is 2. The number of carboxylic acid groups (broad SMARTS) is 2. The molecule has 0 aliphatic rings. The number of carbonyl (C=O) groups is 4. The van der Waals surface area contributed by atoms with Crippen LogP contribution >= 0.6 is 12.4 Å². The summed E-state index contributed by atoms with van der Waals surface area (Å²) in [4.78, 5) is 42.6. The molecule has 0 aliphatic carbocycles. The second kappa shape index (κ2) is 9.95. The summed E-state index contributed by atoms with van der Waals surface area (Å²) in [6.07, 6.45) is -1.27. The normalized spacial score (nSPS) is 12.5. The molecule has 0 unspecified atom stereocenters. The largest absolute Gasteiger partial charge is 0.481 e. The van der Waals surface area contributed by atoms with Crippen molar-refractivity contribution in [3.63, 3.8) is 0 Å². The maximum absolute atomic E-state index is 11.1. The molecule has 0 bridgehead atoms. The van der Waals surface area contributed by atoms with Gasteiger partial charge < -0.3 is 31.2 Å². The van der Waals surface area contributed by atoms with Gasteiger partial charge in [-0.25, -0.2) is 0 Å². The number of rotatable bonds is 8. The van der Waals surface area contributed by atoms with Crippen LogP contribution in [0.2, 0.25) is 0 Å². The van der Waals surface area contributed by atoms with Crippen LogP contribution in [0.3, 0.4) is 0 Å². The van der Waals surface area contributed by atoms with Gasteiger partial charge in [0.05, 0.1) is 12.8 Å². The second-order valence-corrected chi connectivity index (χ2v) is 3.45. The van der Waals surface area contributed by atoms with E-state index in [0.29, 0.717) is 0 Å². The third kappa shape index (κ3) is 9.08. The van der Waals surface area contributed by atoms with E-state index < -0.39 is 55.6 Å². The summed E-state index contributed by atoms with van der Waals surface area (Å²) < 4.78 is 8.71. The lowest BCUT2D eigenvalue weighted by Gasteiger charge is -2.11. The third-order valence-corrected chi connectivity index (χ3v) is 1.80. The SMILES string of the molecule is Cl.N[C@@H](CC(=O)O)C(=O)OCOC(=O)[C@@H](N)CC(=O)O. The summed E-state index contributed by atoms with van der Waals surface area (Å²) in [5.41, 5.74) is 10.3. The van der Waals surface area contributed by atoms with Crippen LogP contribution in [0.25, 0.3) is 0 Å². The van der Waals surface area contributed by atoms with Gasteiger partial charge in [0.1, 0.15) is 12.1 Å². The summed E-state index contributed by atoms with van der Waals surface area (Å²) in [6, 6.07) is -2.77. The molecule has 11 heteroatoms. The average molecular weight is 315 g/mol. The van der Waals surface area contributed by atoms with E-state index in [-0.39, 0.29) is 12.4 Å². The van der Waals surface area contributed by atoms with E-state index in [4.69, 9.17) is 21.7 Å². The van der Waals surface area contributed by atoms with Crippen molar-refractivity contribution in [1.29, 1.82) is 0 Å². The maximum atomic E-state index is 11.1. The van der Waals surface area contributed by atoms with Gasteiger partial charge in [-0.1, -0.05) is 0 Å². The number of hydrogen-bond donors (Lipinski definition) is 4. The van der Waals surface area contributed by atoms with Crippen LogP contribution in [-0.4, -0.2) is 53.0 Å². The molecule has 0 amide bonds. The first kappa shape index (κ1) is 20.4. The van der Waals surface area contributed by atoms with Gasteiger partial charge in [0, 0.05) is 0 Å². The molecule has 0 fully saturated rings. The van der Waals surface area contributed by atoms with Crippen LogP contribution in [0.15, 0.2) is 0 Å². The Bertz CT molecular complexity index is 341. The Hall–Kier alpha value is -1.91. The molecular formula is C9H15ClN2O8. The Morgan fingerprint density at radius 2 is 1.15 bits per heavy atom. The van der Waals surface area contributed by atoms with E-state index in [1.807, 2.05) is 0 Å². The molecule has 0 saturated carbocycles. The number of hydrogen-bond acceptors (Lipinski definition) is 8. The lowest BCUT2D eigenvalue weighted by atomic mass is 10.2. The Morgan fingerprint density at radius 1 is 0.850 bits per heavy atom. The Labute approximate surface area is 119 Å². The Morgan fingerprint density at radius 3 is 1.40 bits per heavy atom. The lowest BCUT2D eigenvalue weighted by Crippen LogP contribution is -2.37. The van der Waals surface area contributed by atoms with Gasteiger partial charge in [0.25, 0.3) is 0 Å². The van der Waals surface area contributed by atoms with E-state index in [9.17, 15) is 19.2 Å². The van der Waals surface area contributed by atoms with Crippen molar-refractivity contribution in [2.24, 2.45) is 11.5 Å². The fourth-order valence-electron chi connectivity index (χ4n) is 0.903. The van der Waals surface area contributed by atoms with Crippen LogP contribution < -0.4 is 11.5 Å². The fourth-order valence-corrected chi connectivity index (χ4v) is 0.903. The van der Waals surface area contributed by atoms with Gasteiger partial charge in [-0.3, -0.25) is 19.2 Å². The minimum atomic E-state index is -1.39. The molecule has 20 heavy (non-hydrogen) atoms. The molecule has 0 heterocycles. The summed E-state index contributed by atoms with van der Waals surface area (Å²) >= 11 is 0. The van der Waals surface area contributed by atoms with Crippen LogP contribution in [0, 0.1) is 0 Å². The summed E-state index contributed by atoms with van der Waals surface area (Å²) in [5, 5.41) is 16.7. The van der Waals surface area contributed by atoms with Crippen molar-refractivity contribution in [3.05, 3.63) is 0 Å². The topological polar surface area (TPSA) is 179 Å². The molecule has 0 saturated heterocycles. The molecule has 116 valence electrons. The molecule has 0 aromatic rings. The zero-order valence-electron chi connectivity index (χ0n) is 10.2. The molecule has 0 aromatic carbocycles. The van der Waals surface area contributed by atoms with Gasteiger partial charge in [-0.2, -0.15) is 0 Å². The molecule has 0 spiro atoms. The van der Waals surface area contributed by atoms with Gasteiger partial charge in [0.2, 0.25) is 6.79 Å². The number of ether oxygens (including phenoxy) is 2. The van der Waals surface area contributed by atoms with Crippen LogP contribution in [0.1, 0.15) is 12.8 Å². The van der Waals surface area contributed by atoms with Gasteiger partial charge in [-0.15, -0.1) is 12.4 Å². The number of halogens is 1. The zero-order valence-corrected chi connectivity index (χ0v) is 11.0. The van der Waals surface area contributed by atoms with Gasteiger partial charge in [-0.05, 0) is 0 Å². The molecule has 10 nitrogen and oxygen atoms in total. The Kier molecular flexibility index (Phi) is 10.2. The van der Waals surface area contributed by atoms with E-state index >= 15 is 0 Å². The number of nitrogens with two attached hydrogens (primary N) is 2. The molecular weight excluding hydrogens is 300 g/mol. The fraction of sp³-hybridized carbons (Fsp3) is 0.556. The number of carbonyl (C=O) groups excluding carboxylic acids is 2. The van der Waals surface area contributed by atoms with Crippen LogP contribution in [0.5, 0.6) is 0 Å². The monoisotopic (exact) mass is 314 g/mol. The molecule has 0 aromatic heterocycles. The van der Waals surface area contributed by atoms with E-state index in [1.54, 1.807) is 0 Å². The van der Waals surface area contributed by atoms with Crippen molar-refractivity contribution in [2.75, 3.05) is 6.79 Å². The predicted molar refractivity (Wildman–Crippen MR) is 64.8 cm³/mol. The number of esters is 2. The molecule has 2 atom stereocenters. The Balaban J connectivity index is 0. The van der Waals surface area contributed by atoms with Crippen LogP contribution in [0.4, 0.5) is 0 Å². The van der Waals surface area contributed by atoms with Crippen molar-refractivity contribution in [2.45, 2.75) is 24.9 Å². The van der Waals surface area contributed by atoms with E-state index in [0.717, 1.165) is 0 Å². The quantitative estimate of drug-likeness (QED) is 0.290. The van der Waals surface area contributed by atoms with Crippen molar-refractivity contribution in [3.8, 4) is 0 Å². The zero-order chi connectivity index (χ0) is 15.0. The smallest absolute Gasteiger partial charge is 0.326 e. The standard InChI is InChI=1S/C9H14N2O8.ClH/c10-4(1-6(12)13)8(16)18-3-19-9(17)5(11)2-7(14)15;/h4-5H,1-3,10-11H2,(H,12,13)(H,14,15);1H/t4-,5-;/m0./s1. The molecule has 0 aliphatic heterocycles. The second-order valence-electron chi connectivity index (χ2n) is 3.45. The van der Waals surface area contributed by atoms with Gasteiger partial charge >= 0.3 is 23.9 Å². The average Bonchev–Trinajstić information content (AvgIpc) is 2.26. The highest BCUT2D eigenvalue weighted by molar-refractivity contribution is 5.85. The van der Waals surface area contributed by atoms with E-state index in [2.05, 4.69) is 9.47 Å². The molecule has 0 radical (unpaired) electrons. The summed E-state index contributed by atoms with van der Waals surface area (Å²) in [6.45, 7) is -0.821. The van der Waals surface area contributed by atoms with Crippen molar-refractivity contribution in [1.82, 2.24) is 0 Å². The highest BCUT2D eigenvalue weighted by Crippen LogP contribution is 1.96. The maximum Gasteiger partial charge on any atom is 0.326 e. The van der Waals surface area contributed by atoms with Crippen molar-refractivity contribution >= 4 is 36.3 Å². The third-order valence-electron chi connectivity index (χ3n) is 1.80. The molecule has 0 rings (SSSR count). The minimum absolute atomic E-state index is 0. The van der Waals surface area contributed by atoms with Crippen molar-refractivity contribution < 1.29 is 38.9 Å². The predicted octanol–water partition coefficient (Wildman–Crippen LogP) is -1.94. The first-order valence-electron chi connectivity index (χ1n) is 5.02. The molecule has 6 N–H and O–H groups in total. The first-order chi connectivity index (χ1) is 8.73. The highest BCUT2D eigenvalue weighted by atomic mass is 35.5. The van der Waals surface area contributed by atoms with E-state index in [1.165, 1.54) is 0 Å². The first-order valence-corrected chi connectivity index (χ1v) is 5.02. The minimum Gasteiger partial charge on any atom is -0.481 e. The summed E-state index contributed by atoms with van der Waals surface area (Å²) in [5.74, 6) is -4.71. The van der Waals surface area contributed by atoms with Crippen LogP contribution in [-0.2, 0) is 28.7 Å². The highest BCUT2D eigenvalue weighted by Gasteiger charge is 2.21. The van der Waals surface area contributed by atoms with Gasteiger partial charge in [0.15, 0.2) is 0 Å².